The van der Waals surface area contributed by atoms with E-state index in [1.165, 1.54) is 4.90 Å². The molecule has 9 rings (SSSR count). The summed E-state index contributed by atoms with van der Waals surface area (Å²) in [7, 11) is 0. The second-order valence-electron chi connectivity index (χ2n) is 16.6. The molecule has 2 aliphatic rings. The molecule has 7 aromatic rings. The third-order valence-electron chi connectivity index (χ3n) is 12.0. The number of fused-ring (bicyclic) bond motifs is 1. The minimum absolute atomic E-state index is 0.0428. The molecule has 4 aromatic heterocycles. The molecule has 0 radical (unpaired) electrons. The zero-order valence-corrected chi connectivity index (χ0v) is 36.2. The average molecular weight is 865 g/mol. The summed E-state index contributed by atoms with van der Waals surface area (Å²) in [5, 5.41) is 38.1. The molecule has 0 aliphatic carbocycles. The second-order valence-corrected chi connectivity index (χ2v) is 17.4. The Morgan fingerprint density at radius 1 is 0.857 bits per heavy atom. The molecule has 6 heterocycles. The van der Waals surface area contributed by atoms with E-state index in [0.717, 1.165) is 51.4 Å². The van der Waals surface area contributed by atoms with Crippen molar-refractivity contribution in [2.75, 3.05) is 42.5 Å². The van der Waals surface area contributed by atoms with Crippen molar-refractivity contribution in [2.45, 2.75) is 58.2 Å². The number of benzene rings is 3. The summed E-state index contributed by atoms with van der Waals surface area (Å²) < 4.78 is 5.82. The first-order chi connectivity index (χ1) is 30.5. The van der Waals surface area contributed by atoms with Crippen molar-refractivity contribution in [3.05, 3.63) is 114 Å². The normalized spacial score (nSPS) is 17.7. The number of aromatic nitrogens is 6. The van der Waals surface area contributed by atoms with Gasteiger partial charge in [0.1, 0.15) is 29.2 Å². The van der Waals surface area contributed by atoms with Crippen LogP contribution in [0.2, 0.25) is 0 Å². The van der Waals surface area contributed by atoms with E-state index in [-0.39, 0.29) is 42.5 Å². The van der Waals surface area contributed by atoms with Gasteiger partial charge in [0.15, 0.2) is 0 Å². The van der Waals surface area contributed by atoms with Crippen LogP contribution >= 0.6 is 11.3 Å². The quantitative estimate of drug-likeness (QED) is 0.124. The van der Waals surface area contributed by atoms with Gasteiger partial charge in [0, 0.05) is 79.8 Å². The molecule has 1 unspecified atom stereocenters. The van der Waals surface area contributed by atoms with E-state index in [2.05, 4.69) is 57.6 Å². The van der Waals surface area contributed by atoms with Gasteiger partial charge in [-0.15, -0.1) is 21.5 Å². The standard InChI is InChI=1S/C47H48N10O5S/c1-27(2)43(46(61)57-25-35(58)21-40(57)45(60)51-28(3)30-9-11-31(12-10-30)44-29(4)50-26-63-44)42-22-38(54-62-42)33-23-48-47(49-24-33)56-17-15-55(16-18-56)34-13-14-37-32(19-34)20-39(53-52-37)36-7-5-6-8-41(36)59/h5-14,19-20,22-24,26-28,35,40,43,58-59H,15-18,21,25H2,1-4H3,(H,51,60)/t28-,35+,40-,43?/m0/s1. The molecule has 63 heavy (non-hydrogen) atoms. The van der Waals surface area contributed by atoms with Crippen molar-refractivity contribution < 1.29 is 24.3 Å². The number of aromatic hydroxyl groups is 1. The number of aliphatic hydroxyl groups excluding tert-OH is 1. The van der Waals surface area contributed by atoms with Crippen LogP contribution in [0.1, 0.15) is 56.2 Å². The monoisotopic (exact) mass is 864 g/mol. The van der Waals surface area contributed by atoms with Crippen molar-refractivity contribution in [3.8, 4) is 38.7 Å². The maximum Gasteiger partial charge on any atom is 0.243 e. The number of rotatable bonds is 11. The number of aliphatic hydroxyl groups is 1. The Balaban J connectivity index is 0.828. The number of nitrogens with one attached hydrogen (secondary N) is 1. The van der Waals surface area contributed by atoms with Gasteiger partial charge in [-0.2, -0.15) is 0 Å². The molecule has 3 aromatic carbocycles. The van der Waals surface area contributed by atoms with Gasteiger partial charge in [0.05, 0.1) is 39.4 Å². The van der Waals surface area contributed by atoms with E-state index in [9.17, 15) is 19.8 Å². The van der Waals surface area contributed by atoms with Crippen LogP contribution in [-0.4, -0.2) is 102 Å². The lowest BCUT2D eigenvalue weighted by Gasteiger charge is -2.36. The molecule has 16 heteroatoms. The van der Waals surface area contributed by atoms with Gasteiger partial charge in [-0.05, 0) is 67.3 Å². The lowest BCUT2D eigenvalue weighted by Crippen LogP contribution is -2.48. The third-order valence-corrected chi connectivity index (χ3v) is 13.0. The summed E-state index contributed by atoms with van der Waals surface area (Å²) in [5.41, 5.74) is 9.03. The molecule has 322 valence electrons. The maximum absolute atomic E-state index is 14.3. The Hall–Kier alpha value is -6.78. The number of phenolic OH excluding ortho intramolecular Hbond substituents is 1. The van der Waals surface area contributed by atoms with Crippen molar-refractivity contribution in [1.82, 2.24) is 40.5 Å². The van der Waals surface area contributed by atoms with Crippen LogP contribution in [-0.2, 0) is 9.59 Å². The molecule has 0 saturated carbocycles. The predicted octanol–water partition coefficient (Wildman–Crippen LogP) is 6.78. The van der Waals surface area contributed by atoms with Gasteiger partial charge in [-0.25, -0.2) is 15.0 Å². The number of aryl methyl sites for hydroxylation is 1. The van der Waals surface area contributed by atoms with E-state index in [1.807, 2.05) is 81.7 Å². The Bertz CT molecular complexity index is 2750. The van der Waals surface area contributed by atoms with Crippen LogP contribution in [0.3, 0.4) is 0 Å². The highest BCUT2D eigenvalue weighted by molar-refractivity contribution is 7.13. The number of carbonyl (C=O) groups excluding carboxylic acids is 2. The molecular weight excluding hydrogens is 817 g/mol. The molecule has 2 fully saturated rings. The SMILES string of the molecule is Cc1ncsc1-c1ccc([C@H](C)NC(=O)[C@@H]2C[C@@H](O)CN2C(=O)C(c2cc(-c3cnc(N4CCN(c5ccc6nnc(-c7ccccc7O)cc6c5)CC4)nc3)no2)C(C)C)cc1. The zero-order valence-electron chi connectivity index (χ0n) is 35.4. The highest BCUT2D eigenvalue weighted by Gasteiger charge is 2.43. The Morgan fingerprint density at radius 2 is 1.60 bits per heavy atom. The number of thiazole rings is 1. The van der Waals surface area contributed by atoms with Crippen molar-refractivity contribution in [3.63, 3.8) is 0 Å². The molecule has 2 aliphatic heterocycles. The topological polar surface area (TPSA) is 187 Å². The van der Waals surface area contributed by atoms with Crippen LogP contribution < -0.4 is 15.1 Å². The lowest BCUT2D eigenvalue weighted by molar-refractivity contribution is -0.141. The van der Waals surface area contributed by atoms with E-state index in [1.54, 1.807) is 41.9 Å². The number of amides is 2. The summed E-state index contributed by atoms with van der Waals surface area (Å²) in [4.78, 5) is 48.8. The van der Waals surface area contributed by atoms with Gasteiger partial charge < -0.3 is 34.8 Å². The summed E-state index contributed by atoms with van der Waals surface area (Å²) >= 11 is 1.59. The van der Waals surface area contributed by atoms with Crippen LogP contribution in [0.4, 0.5) is 11.6 Å². The summed E-state index contributed by atoms with van der Waals surface area (Å²) in [6.45, 7) is 10.7. The number of phenols is 1. The first kappa shape index (κ1) is 41.6. The second kappa shape index (κ2) is 17.5. The van der Waals surface area contributed by atoms with Crippen molar-refractivity contribution in [1.29, 1.82) is 0 Å². The third kappa shape index (κ3) is 8.55. The summed E-state index contributed by atoms with van der Waals surface area (Å²) in [6.07, 6.45) is 2.72. The lowest BCUT2D eigenvalue weighted by atomic mass is 9.91. The van der Waals surface area contributed by atoms with Gasteiger partial charge >= 0.3 is 0 Å². The summed E-state index contributed by atoms with van der Waals surface area (Å²) in [5.74, 6) is -0.423. The summed E-state index contributed by atoms with van der Waals surface area (Å²) in [6, 6.07) is 23.8. The largest absolute Gasteiger partial charge is 0.507 e. The smallest absolute Gasteiger partial charge is 0.243 e. The Labute approximate surface area is 368 Å². The number of carbonyl (C=O) groups is 2. The highest BCUT2D eigenvalue weighted by atomic mass is 32.1. The van der Waals surface area contributed by atoms with E-state index in [0.29, 0.717) is 47.3 Å². The number of nitrogens with zero attached hydrogens (tertiary/aromatic N) is 9. The fourth-order valence-corrected chi connectivity index (χ4v) is 9.33. The van der Waals surface area contributed by atoms with E-state index < -0.39 is 18.1 Å². The Kier molecular flexibility index (Phi) is 11.6. The van der Waals surface area contributed by atoms with Crippen molar-refractivity contribution in [2.24, 2.45) is 5.92 Å². The van der Waals surface area contributed by atoms with Crippen LogP contribution in [0.25, 0.3) is 43.9 Å². The molecule has 15 nitrogen and oxygen atoms in total. The molecule has 2 saturated heterocycles. The molecule has 2 amide bonds. The van der Waals surface area contributed by atoms with Crippen LogP contribution in [0.5, 0.6) is 5.75 Å². The maximum atomic E-state index is 14.3. The number of likely N-dealkylation sites (tertiary alicyclic amines) is 1. The van der Waals surface area contributed by atoms with Gasteiger partial charge in [0.25, 0.3) is 0 Å². The fraction of sp³-hybridized carbons (Fsp3) is 0.319. The zero-order chi connectivity index (χ0) is 43.8. The minimum atomic E-state index is -0.840. The van der Waals surface area contributed by atoms with Gasteiger partial charge in [0.2, 0.25) is 17.8 Å². The molecule has 0 bridgehead atoms. The van der Waals surface area contributed by atoms with E-state index in [4.69, 9.17) is 4.52 Å². The number of piperazine rings is 1. The number of para-hydroxylation sites is 1. The van der Waals surface area contributed by atoms with Gasteiger partial charge in [-0.1, -0.05) is 55.4 Å². The number of hydrogen-bond acceptors (Lipinski definition) is 14. The van der Waals surface area contributed by atoms with Crippen LogP contribution in [0, 0.1) is 12.8 Å². The Morgan fingerprint density at radius 3 is 2.32 bits per heavy atom. The molecule has 3 N–H and O–H groups in total. The highest BCUT2D eigenvalue weighted by Crippen LogP contribution is 2.35. The minimum Gasteiger partial charge on any atom is -0.507 e. The molecular formula is C47H48N10O5S. The van der Waals surface area contributed by atoms with Crippen molar-refractivity contribution >= 4 is 45.7 Å². The molecule has 0 spiro atoms. The predicted molar refractivity (Wildman–Crippen MR) is 241 cm³/mol. The average Bonchev–Trinajstić information content (AvgIpc) is 4.06. The first-order valence-electron chi connectivity index (χ1n) is 21.1. The fourth-order valence-electron chi connectivity index (χ4n) is 8.52. The number of anilines is 2. The molecule has 4 atom stereocenters. The number of hydrogen-bond donors (Lipinski definition) is 3. The van der Waals surface area contributed by atoms with Crippen LogP contribution in [0.15, 0.2) is 101 Å². The number of β-amino-alcohol motifs (C(OH)–C–C–N with tert-alkyl or cyclic N) is 1. The first-order valence-corrected chi connectivity index (χ1v) is 22.0. The van der Waals surface area contributed by atoms with Gasteiger partial charge in [-0.3, -0.25) is 9.59 Å². The van der Waals surface area contributed by atoms with E-state index >= 15 is 0 Å².